The predicted molar refractivity (Wildman–Crippen MR) is 67.3 cm³/mol. The predicted octanol–water partition coefficient (Wildman–Crippen LogP) is 1.70. The first-order chi connectivity index (χ1) is 8.49. The molecule has 6 heteroatoms. The summed E-state index contributed by atoms with van der Waals surface area (Å²) in [6.07, 6.45) is 3.45. The van der Waals surface area contributed by atoms with E-state index in [4.69, 9.17) is 5.11 Å². The van der Waals surface area contributed by atoms with Crippen molar-refractivity contribution in [1.82, 2.24) is 10.3 Å². The lowest BCUT2D eigenvalue weighted by Crippen LogP contribution is -2.43. The second kappa shape index (κ2) is 6.58. The van der Waals surface area contributed by atoms with E-state index in [2.05, 4.69) is 15.6 Å². The van der Waals surface area contributed by atoms with E-state index >= 15 is 0 Å². The summed E-state index contributed by atoms with van der Waals surface area (Å²) in [5.41, 5.74) is 0.517. The Morgan fingerprint density at radius 1 is 1.44 bits per heavy atom. The fourth-order valence-electron chi connectivity index (χ4n) is 1.46. The smallest absolute Gasteiger partial charge is 0.326 e. The van der Waals surface area contributed by atoms with Crippen LogP contribution in [0.4, 0.5) is 10.5 Å². The van der Waals surface area contributed by atoms with Gasteiger partial charge in [-0.3, -0.25) is 4.98 Å². The van der Waals surface area contributed by atoms with Crippen molar-refractivity contribution in [3.8, 4) is 0 Å². The summed E-state index contributed by atoms with van der Waals surface area (Å²) >= 11 is 0. The number of rotatable bonds is 5. The van der Waals surface area contributed by atoms with Crippen LogP contribution in [-0.4, -0.2) is 28.1 Å². The van der Waals surface area contributed by atoms with E-state index in [1.165, 1.54) is 6.20 Å². The molecule has 18 heavy (non-hydrogen) atoms. The zero-order valence-corrected chi connectivity index (χ0v) is 10.4. The summed E-state index contributed by atoms with van der Waals surface area (Å²) in [6, 6.07) is 1.92. The lowest BCUT2D eigenvalue weighted by atomic mass is 10.0. The number of carboxylic acids is 1. The van der Waals surface area contributed by atoms with E-state index in [0.717, 1.165) is 0 Å². The summed E-state index contributed by atoms with van der Waals surface area (Å²) in [5, 5.41) is 13.9. The molecular weight excluding hydrogens is 234 g/mol. The van der Waals surface area contributed by atoms with Gasteiger partial charge in [-0.15, -0.1) is 0 Å². The van der Waals surface area contributed by atoms with Crippen LogP contribution in [0.3, 0.4) is 0 Å². The number of nitrogens with one attached hydrogen (secondary N) is 2. The monoisotopic (exact) mass is 251 g/mol. The van der Waals surface area contributed by atoms with Crippen molar-refractivity contribution in [1.29, 1.82) is 0 Å². The Labute approximate surface area is 105 Å². The molecule has 0 aliphatic carbocycles. The molecule has 0 spiro atoms. The van der Waals surface area contributed by atoms with Crippen molar-refractivity contribution in [2.24, 2.45) is 5.92 Å². The number of amides is 2. The third-order valence-electron chi connectivity index (χ3n) is 2.23. The van der Waals surface area contributed by atoms with Crippen molar-refractivity contribution >= 4 is 17.7 Å². The molecule has 2 amide bonds. The van der Waals surface area contributed by atoms with Gasteiger partial charge in [0.1, 0.15) is 6.04 Å². The Kier molecular flexibility index (Phi) is 5.10. The number of urea groups is 1. The van der Waals surface area contributed by atoms with Crippen LogP contribution in [0.25, 0.3) is 0 Å². The summed E-state index contributed by atoms with van der Waals surface area (Å²) in [4.78, 5) is 26.4. The van der Waals surface area contributed by atoms with Gasteiger partial charge in [0, 0.05) is 6.20 Å². The number of carbonyl (C=O) groups is 2. The third kappa shape index (κ3) is 4.82. The Bertz CT molecular complexity index is 406. The van der Waals surface area contributed by atoms with E-state index in [9.17, 15) is 9.59 Å². The van der Waals surface area contributed by atoms with E-state index < -0.39 is 18.0 Å². The van der Waals surface area contributed by atoms with Gasteiger partial charge in [-0.2, -0.15) is 0 Å². The molecule has 0 aliphatic rings. The maximum absolute atomic E-state index is 11.6. The molecule has 0 fully saturated rings. The first-order valence-corrected chi connectivity index (χ1v) is 5.69. The SMILES string of the molecule is CC(C)C[C@H](NC(=O)Nc1cccnc1)C(=O)O. The van der Waals surface area contributed by atoms with Gasteiger partial charge in [0.15, 0.2) is 0 Å². The highest BCUT2D eigenvalue weighted by atomic mass is 16.4. The maximum Gasteiger partial charge on any atom is 0.326 e. The Morgan fingerprint density at radius 2 is 2.17 bits per heavy atom. The van der Waals surface area contributed by atoms with E-state index in [1.54, 1.807) is 18.3 Å². The highest BCUT2D eigenvalue weighted by molar-refractivity contribution is 5.92. The second-order valence-corrected chi connectivity index (χ2v) is 4.36. The van der Waals surface area contributed by atoms with Crippen LogP contribution in [-0.2, 0) is 4.79 Å². The van der Waals surface area contributed by atoms with Gasteiger partial charge < -0.3 is 15.7 Å². The fraction of sp³-hybridized carbons (Fsp3) is 0.417. The normalized spacial score (nSPS) is 11.9. The van der Waals surface area contributed by atoms with Crippen molar-refractivity contribution in [3.63, 3.8) is 0 Å². The minimum absolute atomic E-state index is 0.185. The van der Waals surface area contributed by atoms with Gasteiger partial charge in [0.25, 0.3) is 0 Å². The largest absolute Gasteiger partial charge is 0.480 e. The molecule has 1 heterocycles. The maximum atomic E-state index is 11.6. The van der Waals surface area contributed by atoms with Crippen molar-refractivity contribution in [2.45, 2.75) is 26.3 Å². The molecular formula is C12H17N3O3. The summed E-state index contributed by atoms with van der Waals surface area (Å²) in [7, 11) is 0. The number of aromatic nitrogens is 1. The lowest BCUT2D eigenvalue weighted by Gasteiger charge is -2.16. The van der Waals surface area contributed by atoms with Crippen molar-refractivity contribution in [2.75, 3.05) is 5.32 Å². The van der Waals surface area contributed by atoms with E-state index in [0.29, 0.717) is 12.1 Å². The Balaban J connectivity index is 2.54. The van der Waals surface area contributed by atoms with Gasteiger partial charge in [-0.1, -0.05) is 13.8 Å². The highest BCUT2D eigenvalue weighted by Gasteiger charge is 2.20. The molecule has 1 atom stereocenters. The zero-order valence-electron chi connectivity index (χ0n) is 10.4. The van der Waals surface area contributed by atoms with Gasteiger partial charge >= 0.3 is 12.0 Å². The van der Waals surface area contributed by atoms with Crippen LogP contribution in [0, 0.1) is 5.92 Å². The van der Waals surface area contributed by atoms with Gasteiger partial charge in [0.05, 0.1) is 11.9 Å². The van der Waals surface area contributed by atoms with Crippen LogP contribution in [0.2, 0.25) is 0 Å². The molecule has 1 aromatic heterocycles. The first-order valence-electron chi connectivity index (χ1n) is 5.69. The van der Waals surface area contributed by atoms with Crippen LogP contribution in [0.1, 0.15) is 20.3 Å². The number of hydrogen-bond donors (Lipinski definition) is 3. The van der Waals surface area contributed by atoms with Crippen LogP contribution >= 0.6 is 0 Å². The standard InChI is InChI=1S/C12H17N3O3/c1-8(2)6-10(11(16)17)15-12(18)14-9-4-3-5-13-7-9/h3-5,7-8,10H,6H2,1-2H3,(H,16,17)(H2,14,15,18)/t10-/m0/s1. The molecule has 0 bridgehead atoms. The molecule has 1 rings (SSSR count). The minimum atomic E-state index is -1.04. The van der Waals surface area contributed by atoms with Crippen LogP contribution in [0.5, 0.6) is 0 Å². The molecule has 6 nitrogen and oxygen atoms in total. The van der Waals surface area contributed by atoms with Crippen LogP contribution in [0.15, 0.2) is 24.5 Å². The van der Waals surface area contributed by atoms with Crippen LogP contribution < -0.4 is 10.6 Å². The van der Waals surface area contributed by atoms with E-state index in [1.807, 2.05) is 13.8 Å². The number of anilines is 1. The molecule has 0 saturated heterocycles. The van der Waals surface area contributed by atoms with Crippen molar-refractivity contribution in [3.05, 3.63) is 24.5 Å². The molecule has 0 unspecified atom stereocenters. The molecule has 98 valence electrons. The molecule has 3 N–H and O–H groups in total. The zero-order chi connectivity index (χ0) is 13.5. The van der Waals surface area contributed by atoms with Gasteiger partial charge in [0.2, 0.25) is 0 Å². The lowest BCUT2D eigenvalue weighted by molar-refractivity contribution is -0.139. The van der Waals surface area contributed by atoms with E-state index in [-0.39, 0.29) is 5.92 Å². The molecule has 0 radical (unpaired) electrons. The molecule has 1 aromatic rings. The second-order valence-electron chi connectivity index (χ2n) is 4.36. The quantitative estimate of drug-likeness (QED) is 0.742. The number of aliphatic carboxylic acids is 1. The molecule has 0 aliphatic heterocycles. The average Bonchev–Trinajstić information content (AvgIpc) is 2.28. The van der Waals surface area contributed by atoms with Crippen molar-refractivity contribution < 1.29 is 14.7 Å². The minimum Gasteiger partial charge on any atom is -0.480 e. The number of hydrogen-bond acceptors (Lipinski definition) is 3. The highest BCUT2D eigenvalue weighted by Crippen LogP contribution is 2.06. The Hall–Kier alpha value is -2.11. The first kappa shape index (κ1) is 14.0. The summed E-state index contributed by atoms with van der Waals surface area (Å²) in [5.74, 6) is -0.852. The topological polar surface area (TPSA) is 91.3 Å². The molecule has 0 aromatic carbocycles. The van der Waals surface area contributed by atoms with Gasteiger partial charge in [-0.25, -0.2) is 9.59 Å². The number of pyridine rings is 1. The fourth-order valence-corrected chi connectivity index (χ4v) is 1.46. The Morgan fingerprint density at radius 3 is 2.67 bits per heavy atom. The average molecular weight is 251 g/mol. The summed E-state index contributed by atoms with van der Waals surface area (Å²) in [6.45, 7) is 3.80. The number of nitrogens with zero attached hydrogens (tertiary/aromatic N) is 1. The number of carboxylic acid groups (broad SMARTS) is 1. The number of carbonyl (C=O) groups excluding carboxylic acids is 1. The molecule has 0 saturated carbocycles. The summed E-state index contributed by atoms with van der Waals surface area (Å²) < 4.78 is 0. The third-order valence-corrected chi connectivity index (χ3v) is 2.23. The van der Waals surface area contributed by atoms with Gasteiger partial charge in [-0.05, 0) is 24.5 Å².